The van der Waals surface area contributed by atoms with Crippen molar-refractivity contribution in [2.24, 2.45) is 5.92 Å². The number of Topliss-reactive ketones (excluding diaryl/α,β-unsaturated/α-hetero) is 1. The number of carbonyl (C=O) groups is 3. The number of rotatable bonds is 5. The lowest BCUT2D eigenvalue weighted by Gasteiger charge is -2.41. The van der Waals surface area contributed by atoms with Gasteiger partial charge in [-0.25, -0.2) is 0 Å². The van der Waals surface area contributed by atoms with Gasteiger partial charge in [-0.1, -0.05) is 17.7 Å². The maximum Gasteiger partial charge on any atom is 0.228 e. The van der Waals surface area contributed by atoms with Crippen molar-refractivity contribution in [3.63, 3.8) is 0 Å². The molecule has 28 heavy (non-hydrogen) atoms. The zero-order valence-corrected chi connectivity index (χ0v) is 16.9. The molecule has 2 amide bonds. The van der Waals surface area contributed by atoms with E-state index in [1.54, 1.807) is 0 Å². The zero-order chi connectivity index (χ0) is 19.9. The average molecular weight is 404 g/mol. The molecule has 7 heteroatoms. The molecule has 4 rings (SSSR count). The van der Waals surface area contributed by atoms with Crippen LogP contribution in [0.25, 0.3) is 0 Å². The Labute approximate surface area is 170 Å². The third kappa shape index (κ3) is 3.62. The predicted octanol–water partition coefficient (Wildman–Crippen LogP) is 2.40. The number of halogens is 1. The molecule has 3 aliphatic rings. The van der Waals surface area contributed by atoms with Crippen LogP contribution in [0.4, 0.5) is 5.69 Å². The number of ketones is 1. The number of amides is 2. The monoisotopic (exact) mass is 403 g/mol. The molecule has 1 aliphatic carbocycles. The van der Waals surface area contributed by atoms with Crippen LogP contribution in [0.3, 0.4) is 0 Å². The van der Waals surface area contributed by atoms with Crippen molar-refractivity contribution in [2.45, 2.75) is 50.6 Å². The van der Waals surface area contributed by atoms with Crippen LogP contribution < -0.4 is 10.2 Å². The van der Waals surface area contributed by atoms with Crippen LogP contribution in [0.5, 0.6) is 0 Å². The van der Waals surface area contributed by atoms with Gasteiger partial charge in [-0.3, -0.25) is 14.4 Å². The van der Waals surface area contributed by atoms with Crippen molar-refractivity contribution in [2.75, 3.05) is 24.5 Å². The second-order valence-electron chi connectivity index (χ2n) is 8.26. The molecule has 0 spiro atoms. The lowest BCUT2D eigenvalue weighted by molar-refractivity contribution is -0.133. The highest BCUT2D eigenvalue weighted by Crippen LogP contribution is 2.45. The highest BCUT2D eigenvalue weighted by atomic mass is 35.5. The van der Waals surface area contributed by atoms with Crippen LogP contribution in [0.1, 0.15) is 39.0 Å². The van der Waals surface area contributed by atoms with Gasteiger partial charge in [0.1, 0.15) is 5.54 Å². The topological polar surface area (TPSA) is 69.7 Å². The molecule has 0 radical (unpaired) electrons. The second kappa shape index (κ2) is 7.39. The van der Waals surface area contributed by atoms with Crippen molar-refractivity contribution in [1.82, 2.24) is 10.2 Å². The summed E-state index contributed by atoms with van der Waals surface area (Å²) in [7, 11) is 0. The van der Waals surface area contributed by atoms with Gasteiger partial charge in [-0.2, -0.15) is 0 Å². The number of nitrogens with zero attached hydrogens (tertiary/aromatic N) is 2. The summed E-state index contributed by atoms with van der Waals surface area (Å²) < 4.78 is 0. The number of nitrogens with one attached hydrogen (secondary N) is 1. The summed E-state index contributed by atoms with van der Waals surface area (Å²) in [4.78, 5) is 41.2. The van der Waals surface area contributed by atoms with Gasteiger partial charge in [0.15, 0.2) is 5.78 Å². The summed E-state index contributed by atoms with van der Waals surface area (Å²) in [5.41, 5.74) is 0.278. The molecular weight excluding hydrogens is 378 g/mol. The molecule has 1 saturated carbocycles. The van der Waals surface area contributed by atoms with Gasteiger partial charge in [0, 0.05) is 42.8 Å². The molecular formula is C21H26ClN3O3. The molecule has 3 fully saturated rings. The van der Waals surface area contributed by atoms with Gasteiger partial charge in [-0.15, -0.1) is 0 Å². The van der Waals surface area contributed by atoms with E-state index < -0.39 is 5.54 Å². The molecule has 1 aromatic carbocycles. The summed E-state index contributed by atoms with van der Waals surface area (Å²) in [6.45, 7) is 4.14. The largest absolute Gasteiger partial charge is 0.365 e. The standard InChI is InChI=1S/C21H26ClN3O3/c1-14-13-24(9-10-25(14)17-4-2-3-16(22)11-17)20(28)7-8-21(15-5-6-15)18(26)12-19(27)23-21/h2-4,11,14-15H,5-10,12-13H2,1H3,(H,23,27)/t14-,21?/m0/s1. The van der Waals surface area contributed by atoms with E-state index >= 15 is 0 Å². The Morgan fingerprint density at radius 3 is 2.68 bits per heavy atom. The molecule has 1 N–H and O–H groups in total. The van der Waals surface area contributed by atoms with E-state index in [9.17, 15) is 14.4 Å². The summed E-state index contributed by atoms with van der Waals surface area (Å²) in [6, 6.07) is 7.96. The number of hydrogen-bond donors (Lipinski definition) is 1. The van der Waals surface area contributed by atoms with Crippen molar-refractivity contribution in [3.8, 4) is 0 Å². The Balaban J connectivity index is 1.36. The third-order valence-corrected chi connectivity index (χ3v) is 6.54. The lowest BCUT2D eigenvalue weighted by atomic mass is 9.85. The number of piperazine rings is 1. The third-order valence-electron chi connectivity index (χ3n) is 6.31. The summed E-state index contributed by atoms with van der Waals surface area (Å²) in [5, 5.41) is 3.61. The van der Waals surface area contributed by atoms with E-state index in [1.165, 1.54) is 0 Å². The predicted molar refractivity (Wildman–Crippen MR) is 107 cm³/mol. The van der Waals surface area contributed by atoms with Crippen LogP contribution in [0, 0.1) is 5.92 Å². The Kier molecular flexibility index (Phi) is 5.08. The van der Waals surface area contributed by atoms with Gasteiger partial charge in [0.2, 0.25) is 11.8 Å². The maximum atomic E-state index is 12.8. The molecule has 2 saturated heterocycles. The molecule has 150 valence electrons. The van der Waals surface area contributed by atoms with Gasteiger partial charge < -0.3 is 15.1 Å². The SMILES string of the molecule is C[C@H]1CN(C(=O)CCC2(C3CC3)NC(=O)CC2=O)CCN1c1cccc(Cl)c1. The zero-order valence-electron chi connectivity index (χ0n) is 16.1. The van der Waals surface area contributed by atoms with Crippen LogP contribution in [0.15, 0.2) is 24.3 Å². The molecule has 2 atom stereocenters. The Bertz CT molecular complexity index is 810. The van der Waals surface area contributed by atoms with E-state index in [2.05, 4.69) is 17.1 Å². The maximum absolute atomic E-state index is 12.8. The molecule has 1 aromatic rings. The minimum Gasteiger partial charge on any atom is -0.365 e. The minimum absolute atomic E-state index is 0.0352. The smallest absolute Gasteiger partial charge is 0.228 e. The normalized spacial score (nSPS) is 27.9. The van der Waals surface area contributed by atoms with Gasteiger partial charge >= 0.3 is 0 Å². The van der Waals surface area contributed by atoms with Crippen LogP contribution >= 0.6 is 11.6 Å². The molecule has 0 bridgehead atoms. The first-order chi connectivity index (χ1) is 13.4. The Morgan fingerprint density at radius 2 is 2.07 bits per heavy atom. The average Bonchev–Trinajstić information content (AvgIpc) is 3.46. The first kappa shape index (κ1) is 19.2. The van der Waals surface area contributed by atoms with Crippen molar-refractivity contribution in [3.05, 3.63) is 29.3 Å². The van der Waals surface area contributed by atoms with Gasteiger partial charge in [0.25, 0.3) is 0 Å². The lowest BCUT2D eigenvalue weighted by Crippen LogP contribution is -2.54. The highest BCUT2D eigenvalue weighted by Gasteiger charge is 2.55. The van der Waals surface area contributed by atoms with E-state index in [0.29, 0.717) is 31.0 Å². The fourth-order valence-corrected chi connectivity index (χ4v) is 4.85. The van der Waals surface area contributed by atoms with Crippen molar-refractivity contribution < 1.29 is 14.4 Å². The van der Waals surface area contributed by atoms with Gasteiger partial charge in [-0.05, 0) is 50.3 Å². The van der Waals surface area contributed by atoms with E-state index in [1.807, 2.05) is 29.2 Å². The summed E-state index contributed by atoms with van der Waals surface area (Å²) in [6.07, 6.45) is 2.58. The van der Waals surface area contributed by atoms with Gasteiger partial charge in [0.05, 0.1) is 6.42 Å². The molecule has 0 aromatic heterocycles. The molecule has 2 heterocycles. The van der Waals surface area contributed by atoms with E-state index in [-0.39, 0.29) is 36.0 Å². The summed E-state index contributed by atoms with van der Waals surface area (Å²) >= 11 is 6.11. The number of anilines is 1. The molecule has 2 aliphatic heterocycles. The first-order valence-electron chi connectivity index (χ1n) is 10.0. The quantitative estimate of drug-likeness (QED) is 0.766. The van der Waals surface area contributed by atoms with Crippen molar-refractivity contribution in [1.29, 1.82) is 0 Å². The van der Waals surface area contributed by atoms with E-state index in [4.69, 9.17) is 11.6 Å². The Morgan fingerprint density at radius 1 is 1.29 bits per heavy atom. The number of benzene rings is 1. The van der Waals surface area contributed by atoms with Crippen LogP contribution in [-0.4, -0.2) is 53.7 Å². The number of carbonyl (C=O) groups excluding carboxylic acids is 3. The van der Waals surface area contributed by atoms with Crippen LogP contribution in [0.2, 0.25) is 5.02 Å². The fraction of sp³-hybridized carbons (Fsp3) is 0.571. The highest BCUT2D eigenvalue weighted by molar-refractivity contribution is 6.30. The van der Waals surface area contributed by atoms with Crippen LogP contribution in [-0.2, 0) is 14.4 Å². The van der Waals surface area contributed by atoms with Crippen molar-refractivity contribution >= 4 is 34.9 Å². The van der Waals surface area contributed by atoms with E-state index in [0.717, 1.165) is 25.1 Å². The molecule has 6 nitrogen and oxygen atoms in total. The summed E-state index contributed by atoms with van der Waals surface area (Å²) in [5.74, 6) is 0.0319. The fourth-order valence-electron chi connectivity index (χ4n) is 4.66. The first-order valence-corrected chi connectivity index (χ1v) is 10.4. The second-order valence-corrected chi connectivity index (χ2v) is 8.69. The number of hydrogen-bond acceptors (Lipinski definition) is 4. The minimum atomic E-state index is -0.791. The Hall–Kier alpha value is -2.08. The molecule has 1 unspecified atom stereocenters.